The second kappa shape index (κ2) is 5.43. The standard InChI is InChI=1S/C12H12N2O5S/c1-8(9-4-2-3-7-13-9)14-20(17,18)11-6-5-10(19-11)12(15)16/h2-8,14H,1H3,(H,15,16)/t8-/m0/s1. The third-order valence-electron chi connectivity index (χ3n) is 2.52. The van der Waals surface area contributed by atoms with Crippen molar-refractivity contribution < 1.29 is 22.7 Å². The molecule has 0 unspecified atom stereocenters. The molecule has 2 rings (SSSR count). The summed E-state index contributed by atoms with van der Waals surface area (Å²) in [5.41, 5.74) is 0.543. The summed E-state index contributed by atoms with van der Waals surface area (Å²) in [6, 6.07) is 6.75. The van der Waals surface area contributed by atoms with Gasteiger partial charge in [0.05, 0.1) is 11.7 Å². The highest BCUT2D eigenvalue weighted by atomic mass is 32.2. The maximum absolute atomic E-state index is 12.0. The predicted molar refractivity (Wildman–Crippen MR) is 68.6 cm³/mol. The van der Waals surface area contributed by atoms with Gasteiger partial charge in [0, 0.05) is 6.20 Å². The van der Waals surface area contributed by atoms with Crippen LogP contribution in [-0.4, -0.2) is 24.5 Å². The van der Waals surface area contributed by atoms with Crippen molar-refractivity contribution in [2.75, 3.05) is 0 Å². The number of sulfonamides is 1. The van der Waals surface area contributed by atoms with Crippen LogP contribution in [0.25, 0.3) is 0 Å². The molecule has 2 N–H and O–H groups in total. The van der Waals surface area contributed by atoms with E-state index in [0.29, 0.717) is 5.69 Å². The monoisotopic (exact) mass is 296 g/mol. The Labute approximate surface area is 115 Å². The number of nitrogens with one attached hydrogen (secondary N) is 1. The summed E-state index contributed by atoms with van der Waals surface area (Å²) in [5, 5.41) is 8.26. The van der Waals surface area contributed by atoms with E-state index >= 15 is 0 Å². The number of hydrogen-bond acceptors (Lipinski definition) is 5. The van der Waals surface area contributed by atoms with Crippen molar-refractivity contribution in [3.8, 4) is 0 Å². The molecular weight excluding hydrogens is 284 g/mol. The Morgan fingerprint density at radius 3 is 2.65 bits per heavy atom. The fourth-order valence-electron chi connectivity index (χ4n) is 1.56. The van der Waals surface area contributed by atoms with Crippen LogP contribution in [0.3, 0.4) is 0 Å². The lowest BCUT2D eigenvalue weighted by Crippen LogP contribution is -2.27. The lowest BCUT2D eigenvalue weighted by molar-refractivity contribution is 0.0656. The van der Waals surface area contributed by atoms with Gasteiger partial charge in [0.2, 0.25) is 10.9 Å². The zero-order chi connectivity index (χ0) is 14.8. The Bertz CT molecular complexity index is 708. The minimum absolute atomic E-state index is 0.434. The van der Waals surface area contributed by atoms with Crippen LogP contribution in [0, 0.1) is 0 Å². The number of carbonyl (C=O) groups is 1. The molecule has 0 spiro atoms. The Morgan fingerprint density at radius 2 is 2.10 bits per heavy atom. The van der Waals surface area contributed by atoms with Crippen molar-refractivity contribution in [3.05, 3.63) is 48.0 Å². The largest absolute Gasteiger partial charge is 0.475 e. The van der Waals surface area contributed by atoms with Crippen molar-refractivity contribution in [3.63, 3.8) is 0 Å². The average Bonchev–Trinajstić information content (AvgIpc) is 2.90. The molecule has 0 radical (unpaired) electrons. The average molecular weight is 296 g/mol. The van der Waals surface area contributed by atoms with Crippen LogP contribution in [-0.2, 0) is 10.0 Å². The lowest BCUT2D eigenvalue weighted by Gasteiger charge is -2.12. The molecule has 0 bridgehead atoms. The molecule has 2 aromatic rings. The van der Waals surface area contributed by atoms with Crippen molar-refractivity contribution in [1.82, 2.24) is 9.71 Å². The molecule has 2 heterocycles. The summed E-state index contributed by atoms with van der Waals surface area (Å²) < 4.78 is 31.2. The number of aromatic carboxylic acids is 1. The van der Waals surface area contributed by atoms with Crippen molar-refractivity contribution in [2.45, 2.75) is 18.1 Å². The van der Waals surface area contributed by atoms with Gasteiger partial charge in [-0.15, -0.1) is 0 Å². The smallest absolute Gasteiger partial charge is 0.371 e. The van der Waals surface area contributed by atoms with Crippen molar-refractivity contribution in [2.24, 2.45) is 0 Å². The van der Waals surface area contributed by atoms with Gasteiger partial charge < -0.3 is 9.52 Å². The van der Waals surface area contributed by atoms with Gasteiger partial charge in [0.1, 0.15) is 0 Å². The number of pyridine rings is 1. The third-order valence-corrected chi connectivity index (χ3v) is 3.93. The van der Waals surface area contributed by atoms with Gasteiger partial charge in [0.25, 0.3) is 10.0 Å². The van der Waals surface area contributed by atoms with E-state index in [9.17, 15) is 13.2 Å². The quantitative estimate of drug-likeness (QED) is 0.863. The fraction of sp³-hybridized carbons (Fsp3) is 0.167. The van der Waals surface area contributed by atoms with Gasteiger partial charge in [-0.05, 0) is 31.2 Å². The van der Waals surface area contributed by atoms with Gasteiger partial charge in [0.15, 0.2) is 0 Å². The Kier molecular flexibility index (Phi) is 3.86. The van der Waals surface area contributed by atoms with E-state index in [2.05, 4.69) is 9.71 Å². The topological polar surface area (TPSA) is 110 Å². The van der Waals surface area contributed by atoms with E-state index < -0.39 is 32.9 Å². The van der Waals surface area contributed by atoms with Crippen LogP contribution in [0.5, 0.6) is 0 Å². The maximum atomic E-state index is 12.0. The summed E-state index contributed by atoms with van der Waals surface area (Å²) in [5.74, 6) is -1.76. The molecule has 0 aromatic carbocycles. The highest BCUT2D eigenvalue weighted by Gasteiger charge is 2.23. The van der Waals surface area contributed by atoms with E-state index in [0.717, 1.165) is 12.1 Å². The maximum Gasteiger partial charge on any atom is 0.371 e. The number of furan rings is 1. The molecule has 106 valence electrons. The molecule has 0 saturated carbocycles. The lowest BCUT2D eigenvalue weighted by atomic mass is 10.2. The summed E-state index contributed by atoms with van der Waals surface area (Å²) in [6.07, 6.45) is 1.55. The zero-order valence-electron chi connectivity index (χ0n) is 10.5. The van der Waals surface area contributed by atoms with Crippen LogP contribution < -0.4 is 4.72 Å². The molecule has 20 heavy (non-hydrogen) atoms. The van der Waals surface area contributed by atoms with Gasteiger partial charge >= 0.3 is 5.97 Å². The van der Waals surface area contributed by atoms with Gasteiger partial charge in [-0.25, -0.2) is 13.2 Å². The molecule has 1 atom stereocenters. The van der Waals surface area contributed by atoms with Crippen LogP contribution in [0.2, 0.25) is 0 Å². The Morgan fingerprint density at radius 1 is 1.35 bits per heavy atom. The van der Waals surface area contributed by atoms with Crippen LogP contribution in [0.15, 0.2) is 46.0 Å². The zero-order valence-corrected chi connectivity index (χ0v) is 11.3. The van der Waals surface area contributed by atoms with Crippen molar-refractivity contribution >= 4 is 16.0 Å². The first-order chi connectivity index (χ1) is 9.40. The van der Waals surface area contributed by atoms with Crippen LogP contribution in [0.1, 0.15) is 29.2 Å². The Balaban J connectivity index is 2.20. The molecule has 0 amide bonds. The minimum Gasteiger partial charge on any atom is -0.475 e. The van der Waals surface area contributed by atoms with E-state index in [1.54, 1.807) is 31.3 Å². The van der Waals surface area contributed by atoms with Crippen molar-refractivity contribution in [1.29, 1.82) is 0 Å². The van der Waals surface area contributed by atoms with Gasteiger partial charge in [-0.3, -0.25) is 4.98 Å². The van der Waals surface area contributed by atoms with Crippen LogP contribution in [0.4, 0.5) is 0 Å². The van der Waals surface area contributed by atoms with E-state index in [1.165, 1.54) is 0 Å². The van der Waals surface area contributed by atoms with Crippen LogP contribution >= 0.6 is 0 Å². The molecule has 7 nitrogen and oxygen atoms in total. The number of nitrogens with zero attached hydrogens (tertiary/aromatic N) is 1. The van der Waals surface area contributed by atoms with E-state index in [-0.39, 0.29) is 0 Å². The summed E-state index contributed by atoms with van der Waals surface area (Å²) in [4.78, 5) is 14.7. The number of carboxylic acid groups (broad SMARTS) is 1. The number of hydrogen-bond donors (Lipinski definition) is 2. The number of rotatable bonds is 5. The molecule has 0 fully saturated rings. The summed E-state index contributed by atoms with van der Waals surface area (Å²) in [7, 11) is -3.94. The molecule has 8 heteroatoms. The van der Waals surface area contributed by atoms with E-state index in [4.69, 9.17) is 9.52 Å². The highest BCUT2D eigenvalue weighted by molar-refractivity contribution is 7.89. The Hall–Kier alpha value is -2.19. The van der Waals surface area contributed by atoms with Gasteiger partial charge in [-0.1, -0.05) is 6.07 Å². The SMILES string of the molecule is C[C@H](NS(=O)(=O)c1ccc(C(=O)O)o1)c1ccccn1. The normalized spacial score (nSPS) is 13.1. The summed E-state index contributed by atoms with van der Waals surface area (Å²) >= 11 is 0. The molecule has 0 aliphatic carbocycles. The van der Waals surface area contributed by atoms with Gasteiger partial charge in [-0.2, -0.15) is 4.72 Å². The van der Waals surface area contributed by atoms with E-state index in [1.807, 2.05) is 0 Å². The predicted octanol–water partition coefficient (Wildman–Crippen LogP) is 1.41. The second-order valence-electron chi connectivity index (χ2n) is 4.02. The first-order valence-corrected chi connectivity index (χ1v) is 7.15. The fourth-order valence-corrected chi connectivity index (χ4v) is 2.71. The molecule has 0 aliphatic heterocycles. The highest BCUT2D eigenvalue weighted by Crippen LogP contribution is 2.17. The second-order valence-corrected chi connectivity index (χ2v) is 5.67. The first kappa shape index (κ1) is 14.2. The number of carboxylic acids is 1. The molecule has 0 saturated heterocycles. The molecule has 2 aromatic heterocycles. The number of aromatic nitrogens is 1. The molecular formula is C12H12N2O5S. The molecule has 0 aliphatic rings. The third kappa shape index (κ3) is 3.03. The first-order valence-electron chi connectivity index (χ1n) is 5.66. The minimum atomic E-state index is -3.94. The summed E-state index contributed by atoms with van der Waals surface area (Å²) in [6.45, 7) is 1.63.